The number of benzene rings is 2. The molecule has 25 heavy (non-hydrogen) atoms. The average molecular weight is 332 g/mol. The fraction of sp³-hybridized carbons (Fsp3) is 0.348. The summed E-state index contributed by atoms with van der Waals surface area (Å²) in [6.07, 6.45) is 9.01. The van der Waals surface area contributed by atoms with E-state index in [1.54, 1.807) is 0 Å². The molecule has 2 aromatic carbocycles. The molecule has 0 aliphatic carbocycles. The third kappa shape index (κ3) is 4.39. The number of nitrogens with two attached hydrogens (primary N) is 1. The summed E-state index contributed by atoms with van der Waals surface area (Å²) in [5.74, 6) is 0.620. The van der Waals surface area contributed by atoms with Gasteiger partial charge in [0.1, 0.15) is 5.82 Å². The normalized spacial score (nSPS) is 11.1. The Labute approximate surface area is 151 Å². The van der Waals surface area contributed by atoms with Gasteiger partial charge >= 0.3 is 0 Å². The maximum atomic E-state index is 6.29. The number of fused-ring (bicyclic) bond motifs is 1. The summed E-state index contributed by atoms with van der Waals surface area (Å²) in [5.41, 5.74) is 10.9. The molecule has 0 radical (unpaired) electrons. The Morgan fingerprint density at radius 2 is 1.52 bits per heavy atom. The van der Waals surface area contributed by atoms with E-state index < -0.39 is 0 Å². The number of pyridine rings is 1. The van der Waals surface area contributed by atoms with E-state index in [1.807, 2.05) is 18.2 Å². The third-order valence-electron chi connectivity index (χ3n) is 4.86. The average Bonchev–Trinajstić information content (AvgIpc) is 2.64. The molecule has 3 aromatic rings. The zero-order chi connectivity index (χ0) is 17.5. The predicted molar refractivity (Wildman–Crippen MR) is 109 cm³/mol. The van der Waals surface area contributed by atoms with Crippen molar-refractivity contribution in [2.24, 2.45) is 0 Å². The van der Waals surface area contributed by atoms with Gasteiger partial charge in [-0.25, -0.2) is 4.98 Å². The van der Waals surface area contributed by atoms with Crippen LogP contribution in [0.3, 0.4) is 0 Å². The van der Waals surface area contributed by atoms with E-state index in [0.717, 1.165) is 22.9 Å². The second-order valence-corrected chi connectivity index (χ2v) is 6.79. The van der Waals surface area contributed by atoms with Gasteiger partial charge in [-0.3, -0.25) is 0 Å². The molecule has 0 spiro atoms. The number of nitrogen functional groups attached to an aromatic ring is 1. The minimum atomic E-state index is 0.620. The molecule has 2 nitrogen and oxygen atoms in total. The van der Waals surface area contributed by atoms with E-state index in [1.165, 1.54) is 49.7 Å². The molecule has 0 unspecified atom stereocenters. The zero-order valence-corrected chi connectivity index (χ0v) is 15.2. The van der Waals surface area contributed by atoms with E-state index >= 15 is 0 Å². The van der Waals surface area contributed by atoms with Crippen molar-refractivity contribution in [2.75, 3.05) is 5.73 Å². The van der Waals surface area contributed by atoms with Crippen molar-refractivity contribution in [3.8, 4) is 11.1 Å². The maximum Gasteiger partial charge on any atom is 0.132 e. The highest BCUT2D eigenvalue weighted by atomic mass is 14.8. The number of hydrogen-bond acceptors (Lipinski definition) is 2. The third-order valence-corrected chi connectivity index (χ3v) is 4.86. The van der Waals surface area contributed by atoms with Crippen LogP contribution in [-0.4, -0.2) is 4.98 Å². The second kappa shape index (κ2) is 8.66. The lowest BCUT2D eigenvalue weighted by atomic mass is 9.95. The Balaban J connectivity index is 1.80. The van der Waals surface area contributed by atoms with Crippen LogP contribution < -0.4 is 5.73 Å². The number of nitrogens with zero attached hydrogens (tertiary/aromatic N) is 1. The van der Waals surface area contributed by atoms with Gasteiger partial charge in [-0.1, -0.05) is 81.5 Å². The highest BCUT2D eigenvalue weighted by Crippen LogP contribution is 2.31. The lowest BCUT2D eigenvalue weighted by molar-refractivity contribution is 0.608. The molecule has 3 rings (SSSR count). The number of aromatic nitrogens is 1. The van der Waals surface area contributed by atoms with Crippen LogP contribution in [0.25, 0.3) is 22.0 Å². The Kier molecular flexibility index (Phi) is 6.05. The van der Waals surface area contributed by atoms with Gasteiger partial charge in [0.25, 0.3) is 0 Å². The highest BCUT2D eigenvalue weighted by molar-refractivity contribution is 5.89. The van der Waals surface area contributed by atoms with Crippen LogP contribution in [0.15, 0.2) is 54.6 Å². The molecule has 0 amide bonds. The van der Waals surface area contributed by atoms with E-state index in [-0.39, 0.29) is 0 Å². The van der Waals surface area contributed by atoms with Crippen molar-refractivity contribution in [3.05, 3.63) is 60.2 Å². The topological polar surface area (TPSA) is 38.9 Å². The van der Waals surface area contributed by atoms with Gasteiger partial charge in [0.05, 0.1) is 5.52 Å². The Hall–Kier alpha value is -2.35. The molecule has 0 atom stereocenters. The van der Waals surface area contributed by atoms with Crippen LogP contribution in [0, 0.1) is 0 Å². The molecule has 2 N–H and O–H groups in total. The minimum absolute atomic E-state index is 0.620. The van der Waals surface area contributed by atoms with Gasteiger partial charge < -0.3 is 5.73 Å². The van der Waals surface area contributed by atoms with Crippen molar-refractivity contribution < 1.29 is 0 Å². The minimum Gasteiger partial charge on any atom is -0.383 e. The molecule has 0 saturated heterocycles. The summed E-state index contributed by atoms with van der Waals surface area (Å²) in [4.78, 5) is 4.60. The fourth-order valence-electron chi connectivity index (χ4n) is 3.44. The van der Waals surface area contributed by atoms with E-state index in [4.69, 9.17) is 5.73 Å². The fourth-order valence-corrected chi connectivity index (χ4v) is 3.44. The Bertz CT molecular complexity index is 823. The van der Waals surface area contributed by atoms with Gasteiger partial charge in [0.15, 0.2) is 0 Å². The van der Waals surface area contributed by atoms with E-state index in [2.05, 4.69) is 48.3 Å². The van der Waals surface area contributed by atoms with Crippen molar-refractivity contribution >= 4 is 16.7 Å². The molecule has 1 heterocycles. The summed E-state index contributed by atoms with van der Waals surface area (Å²) in [7, 11) is 0. The molecule has 0 aliphatic rings. The van der Waals surface area contributed by atoms with Crippen LogP contribution in [0.4, 0.5) is 5.82 Å². The predicted octanol–water partition coefficient (Wildman–Crippen LogP) is 6.39. The summed E-state index contributed by atoms with van der Waals surface area (Å²) < 4.78 is 0. The first-order chi connectivity index (χ1) is 12.3. The summed E-state index contributed by atoms with van der Waals surface area (Å²) in [6, 6.07) is 19.0. The molecule has 130 valence electrons. The number of para-hydroxylation sites is 1. The summed E-state index contributed by atoms with van der Waals surface area (Å²) in [6.45, 7) is 2.26. The smallest absolute Gasteiger partial charge is 0.132 e. The van der Waals surface area contributed by atoms with Crippen LogP contribution in [0.5, 0.6) is 0 Å². The number of hydrogen-bond donors (Lipinski definition) is 1. The second-order valence-electron chi connectivity index (χ2n) is 6.79. The van der Waals surface area contributed by atoms with E-state index in [9.17, 15) is 0 Å². The largest absolute Gasteiger partial charge is 0.383 e. The van der Waals surface area contributed by atoms with Crippen molar-refractivity contribution in [1.82, 2.24) is 4.98 Å². The van der Waals surface area contributed by atoms with Crippen molar-refractivity contribution in [1.29, 1.82) is 0 Å². The van der Waals surface area contributed by atoms with Crippen LogP contribution in [0.2, 0.25) is 0 Å². The number of rotatable bonds is 8. The van der Waals surface area contributed by atoms with Gasteiger partial charge in [-0.2, -0.15) is 0 Å². The monoisotopic (exact) mass is 332 g/mol. The van der Waals surface area contributed by atoms with Crippen molar-refractivity contribution in [3.63, 3.8) is 0 Å². The summed E-state index contributed by atoms with van der Waals surface area (Å²) >= 11 is 0. The van der Waals surface area contributed by atoms with Crippen molar-refractivity contribution in [2.45, 2.75) is 51.9 Å². The molecule has 0 aliphatic heterocycles. The number of aryl methyl sites for hydroxylation is 1. The lowest BCUT2D eigenvalue weighted by Crippen LogP contribution is -1.98. The van der Waals surface area contributed by atoms with Gasteiger partial charge in [0.2, 0.25) is 0 Å². The summed E-state index contributed by atoms with van der Waals surface area (Å²) in [5, 5.41) is 1.14. The first kappa shape index (κ1) is 17.5. The first-order valence-corrected chi connectivity index (χ1v) is 9.53. The molecule has 0 fully saturated rings. The van der Waals surface area contributed by atoms with Gasteiger partial charge in [0, 0.05) is 10.9 Å². The lowest BCUT2D eigenvalue weighted by Gasteiger charge is -2.12. The number of unbranched alkanes of at least 4 members (excludes halogenated alkanes) is 5. The van der Waals surface area contributed by atoms with Gasteiger partial charge in [-0.05, 0) is 36.1 Å². The molecule has 0 bridgehead atoms. The standard InChI is InChI=1S/C23H28N2/c1-2-3-4-5-6-7-12-18-13-8-10-15-20(18)21-17-19-14-9-11-16-22(19)25-23(21)24/h8-11,13-17H,2-7,12H2,1H3,(H2,24,25). The van der Waals surface area contributed by atoms with E-state index in [0.29, 0.717) is 5.82 Å². The van der Waals surface area contributed by atoms with Crippen LogP contribution in [-0.2, 0) is 6.42 Å². The Morgan fingerprint density at radius 1 is 0.800 bits per heavy atom. The van der Waals surface area contributed by atoms with Crippen LogP contribution >= 0.6 is 0 Å². The molecular weight excluding hydrogens is 304 g/mol. The SMILES string of the molecule is CCCCCCCCc1ccccc1-c1cc2ccccc2nc1N. The molecule has 0 saturated carbocycles. The molecule has 1 aromatic heterocycles. The quantitative estimate of drug-likeness (QED) is 0.486. The molecule has 2 heteroatoms. The molecular formula is C23H28N2. The Morgan fingerprint density at radius 3 is 2.40 bits per heavy atom. The van der Waals surface area contributed by atoms with Gasteiger partial charge in [-0.15, -0.1) is 0 Å². The number of anilines is 1. The first-order valence-electron chi connectivity index (χ1n) is 9.53. The van der Waals surface area contributed by atoms with Crippen LogP contribution in [0.1, 0.15) is 51.0 Å². The maximum absolute atomic E-state index is 6.29. The zero-order valence-electron chi connectivity index (χ0n) is 15.2. The highest BCUT2D eigenvalue weighted by Gasteiger charge is 2.10.